The van der Waals surface area contributed by atoms with Gasteiger partial charge in [-0.15, -0.1) is 0 Å². The van der Waals surface area contributed by atoms with Crippen molar-refractivity contribution in [1.82, 2.24) is 5.32 Å². The maximum Gasteiger partial charge on any atom is 0.246 e. The summed E-state index contributed by atoms with van der Waals surface area (Å²) in [5, 5.41) is 12.1. The number of nitrogens with one attached hydrogen (secondary N) is 1. The highest BCUT2D eigenvalue weighted by Gasteiger charge is 2.25. The topological polar surface area (TPSA) is 84.6 Å². The van der Waals surface area contributed by atoms with Crippen molar-refractivity contribution in [2.75, 3.05) is 26.4 Å². The first kappa shape index (κ1) is 13.4. The molecule has 1 aliphatic carbocycles. The Hall–Kier alpha value is -0.650. The molecule has 2 unspecified atom stereocenters. The average Bonchev–Trinajstić information content (AvgIpc) is 2.30. The zero-order valence-electron chi connectivity index (χ0n) is 9.65. The van der Waals surface area contributed by atoms with E-state index in [0.717, 1.165) is 25.7 Å². The largest absolute Gasteiger partial charge is 0.396 e. The lowest BCUT2D eigenvalue weighted by Gasteiger charge is -2.30. The van der Waals surface area contributed by atoms with Gasteiger partial charge in [0, 0.05) is 25.1 Å². The van der Waals surface area contributed by atoms with Gasteiger partial charge in [0.05, 0.1) is 6.61 Å². The van der Waals surface area contributed by atoms with Crippen LogP contribution in [-0.4, -0.2) is 43.4 Å². The van der Waals surface area contributed by atoms with Gasteiger partial charge in [0.2, 0.25) is 5.91 Å². The van der Waals surface area contributed by atoms with Crippen molar-refractivity contribution in [3.8, 4) is 0 Å². The monoisotopic (exact) mass is 230 g/mol. The number of rotatable bonds is 6. The maximum absolute atomic E-state index is 11.5. The zero-order valence-corrected chi connectivity index (χ0v) is 9.65. The quantitative estimate of drug-likeness (QED) is 0.543. The third-order valence-corrected chi connectivity index (χ3v) is 2.99. The number of hydrogen-bond acceptors (Lipinski definition) is 4. The highest BCUT2D eigenvalue weighted by Crippen LogP contribution is 2.23. The number of carbonyl (C=O) groups is 1. The molecular formula is C11H22N2O3. The van der Waals surface area contributed by atoms with Gasteiger partial charge in [-0.05, 0) is 12.8 Å². The summed E-state index contributed by atoms with van der Waals surface area (Å²) in [4.78, 5) is 11.5. The van der Waals surface area contributed by atoms with Crippen molar-refractivity contribution < 1.29 is 14.6 Å². The van der Waals surface area contributed by atoms with E-state index in [1.807, 2.05) is 0 Å². The van der Waals surface area contributed by atoms with Crippen LogP contribution in [0.1, 0.15) is 25.7 Å². The Morgan fingerprint density at radius 2 is 2.19 bits per heavy atom. The smallest absolute Gasteiger partial charge is 0.246 e. The average molecular weight is 230 g/mol. The van der Waals surface area contributed by atoms with Gasteiger partial charge in [0.1, 0.15) is 6.61 Å². The predicted molar refractivity (Wildman–Crippen MR) is 60.8 cm³/mol. The number of amides is 1. The first-order valence-corrected chi connectivity index (χ1v) is 5.96. The van der Waals surface area contributed by atoms with E-state index < -0.39 is 0 Å². The van der Waals surface area contributed by atoms with E-state index in [9.17, 15) is 9.90 Å². The summed E-state index contributed by atoms with van der Waals surface area (Å²) in [7, 11) is 0. The van der Waals surface area contributed by atoms with Crippen molar-refractivity contribution in [3.05, 3.63) is 0 Å². The minimum Gasteiger partial charge on any atom is -0.396 e. The Morgan fingerprint density at radius 3 is 2.88 bits per heavy atom. The lowest BCUT2D eigenvalue weighted by molar-refractivity contribution is -0.127. The molecule has 0 aromatic rings. The van der Waals surface area contributed by atoms with E-state index in [1.165, 1.54) is 0 Å². The third kappa shape index (κ3) is 4.47. The number of aliphatic hydroxyl groups excluding tert-OH is 1. The Morgan fingerprint density at radius 1 is 1.44 bits per heavy atom. The normalized spacial score (nSPS) is 25.4. The van der Waals surface area contributed by atoms with Gasteiger partial charge >= 0.3 is 0 Å². The molecule has 5 nitrogen and oxygen atoms in total. The standard InChI is InChI=1S/C11H22N2O3/c12-5-6-16-8-11(15)13-10-4-2-1-3-9(10)7-14/h9-10,14H,1-8,12H2,(H,13,15). The minimum absolute atomic E-state index is 0.0614. The minimum atomic E-state index is -0.112. The van der Waals surface area contributed by atoms with Gasteiger partial charge in [-0.1, -0.05) is 12.8 Å². The third-order valence-electron chi connectivity index (χ3n) is 2.99. The highest BCUT2D eigenvalue weighted by molar-refractivity contribution is 5.77. The molecule has 0 saturated heterocycles. The fourth-order valence-corrected chi connectivity index (χ4v) is 2.11. The van der Waals surface area contributed by atoms with E-state index in [4.69, 9.17) is 10.5 Å². The first-order valence-electron chi connectivity index (χ1n) is 5.96. The van der Waals surface area contributed by atoms with Crippen molar-refractivity contribution in [2.45, 2.75) is 31.7 Å². The Bertz CT molecular complexity index is 211. The van der Waals surface area contributed by atoms with Crippen LogP contribution in [0.2, 0.25) is 0 Å². The molecule has 2 atom stereocenters. The van der Waals surface area contributed by atoms with Crippen LogP contribution in [0.4, 0.5) is 0 Å². The van der Waals surface area contributed by atoms with Gasteiger partial charge < -0.3 is 20.9 Å². The molecule has 0 aromatic heterocycles. The van der Waals surface area contributed by atoms with Gasteiger partial charge in [0.15, 0.2) is 0 Å². The van der Waals surface area contributed by atoms with E-state index in [-0.39, 0.29) is 31.1 Å². The lowest BCUT2D eigenvalue weighted by atomic mass is 9.85. The molecule has 0 aromatic carbocycles. The molecule has 94 valence electrons. The number of hydrogen-bond donors (Lipinski definition) is 3. The molecule has 1 aliphatic rings. The highest BCUT2D eigenvalue weighted by atomic mass is 16.5. The summed E-state index contributed by atoms with van der Waals surface area (Å²) in [5.74, 6) is 0.0889. The molecule has 0 aliphatic heterocycles. The number of nitrogens with two attached hydrogens (primary N) is 1. The fourth-order valence-electron chi connectivity index (χ4n) is 2.11. The second-order valence-electron chi connectivity index (χ2n) is 4.24. The van der Waals surface area contributed by atoms with Crippen molar-refractivity contribution in [2.24, 2.45) is 11.7 Å². The van der Waals surface area contributed by atoms with Gasteiger partial charge in [-0.3, -0.25) is 4.79 Å². The molecule has 5 heteroatoms. The molecule has 1 fully saturated rings. The number of aliphatic hydroxyl groups is 1. The zero-order chi connectivity index (χ0) is 11.8. The summed E-state index contributed by atoms with van der Waals surface area (Å²) in [6, 6.07) is 0.104. The van der Waals surface area contributed by atoms with Crippen LogP contribution in [-0.2, 0) is 9.53 Å². The fraction of sp³-hybridized carbons (Fsp3) is 0.909. The molecule has 0 heterocycles. The summed E-state index contributed by atoms with van der Waals surface area (Å²) in [6.45, 7) is 1.04. The van der Waals surface area contributed by atoms with Crippen LogP contribution >= 0.6 is 0 Å². The lowest BCUT2D eigenvalue weighted by Crippen LogP contribution is -2.44. The Labute approximate surface area is 96.3 Å². The molecule has 1 rings (SSSR count). The summed E-state index contributed by atoms with van der Waals surface area (Å²) in [6.07, 6.45) is 4.20. The van der Waals surface area contributed by atoms with Crippen LogP contribution in [0.5, 0.6) is 0 Å². The van der Waals surface area contributed by atoms with E-state index in [0.29, 0.717) is 13.2 Å². The second-order valence-corrected chi connectivity index (χ2v) is 4.24. The number of carbonyl (C=O) groups excluding carboxylic acids is 1. The molecular weight excluding hydrogens is 208 g/mol. The van der Waals surface area contributed by atoms with Gasteiger partial charge in [-0.25, -0.2) is 0 Å². The summed E-state index contributed by atoms with van der Waals surface area (Å²) < 4.78 is 5.06. The van der Waals surface area contributed by atoms with Crippen LogP contribution in [0.25, 0.3) is 0 Å². The molecule has 1 amide bonds. The second kappa shape index (κ2) is 7.60. The van der Waals surface area contributed by atoms with Gasteiger partial charge in [-0.2, -0.15) is 0 Å². The van der Waals surface area contributed by atoms with Crippen molar-refractivity contribution in [1.29, 1.82) is 0 Å². The van der Waals surface area contributed by atoms with E-state index in [2.05, 4.69) is 5.32 Å². The van der Waals surface area contributed by atoms with Gasteiger partial charge in [0.25, 0.3) is 0 Å². The van der Waals surface area contributed by atoms with E-state index >= 15 is 0 Å². The first-order chi connectivity index (χ1) is 7.77. The Kier molecular flexibility index (Phi) is 6.37. The van der Waals surface area contributed by atoms with Crippen LogP contribution in [0.3, 0.4) is 0 Å². The SMILES string of the molecule is NCCOCC(=O)NC1CCCCC1CO. The summed E-state index contributed by atoms with van der Waals surface area (Å²) >= 11 is 0. The number of ether oxygens (including phenoxy) is 1. The van der Waals surface area contributed by atoms with Crippen LogP contribution in [0.15, 0.2) is 0 Å². The Balaban J connectivity index is 2.25. The maximum atomic E-state index is 11.5. The molecule has 1 saturated carbocycles. The molecule has 4 N–H and O–H groups in total. The van der Waals surface area contributed by atoms with Crippen LogP contribution in [0, 0.1) is 5.92 Å². The van der Waals surface area contributed by atoms with E-state index in [1.54, 1.807) is 0 Å². The van der Waals surface area contributed by atoms with Crippen molar-refractivity contribution in [3.63, 3.8) is 0 Å². The van der Waals surface area contributed by atoms with Crippen molar-refractivity contribution >= 4 is 5.91 Å². The molecule has 0 radical (unpaired) electrons. The predicted octanol–water partition coefficient (Wildman–Crippen LogP) is -0.371. The van der Waals surface area contributed by atoms with Crippen LogP contribution < -0.4 is 11.1 Å². The molecule has 0 spiro atoms. The molecule has 0 bridgehead atoms. The summed E-state index contributed by atoms with van der Waals surface area (Å²) in [5.41, 5.74) is 5.25. The molecule has 16 heavy (non-hydrogen) atoms.